The van der Waals surface area contributed by atoms with Crippen molar-refractivity contribution >= 4 is 23.5 Å². The Labute approximate surface area is 119 Å². The molecular weight excluding hydrogens is 291 g/mol. The molecule has 0 amide bonds. The van der Waals surface area contributed by atoms with Gasteiger partial charge in [-0.15, -0.1) is 0 Å². The standard InChI is InChI=1S/C11H16F3N5S/c12-11(13,14)7-17-10(16)19-9-3-1-2-8(18-9)6-20-5-4-15/h1-3H,4-7,15H2,(H3,16,17,18,19). The van der Waals surface area contributed by atoms with Crippen LogP contribution in [0, 0.1) is 0 Å². The molecule has 112 valence electrons. The fourth-order valence-corrected chi connectivity index (χ4v) is 1.92. The highest BCUT2D eigenvalue weighted by Crippen LogP contribution is 2.15. The number of aromatic nitrogens is 1. The average molecular weight is 307 g/mol. The van der Waals surface area contributed by atoms with Gasteiger partial charge in [-0.3, -0.25) is 0 Å². The van der Waals surface area contributed by atoms with Crippen LogP contribution in [0.4, 0.5) is 19.0 Å². The van der Waals surface area contributed by atoms with E-state index < -0.39 is 12.7 Å². The largest absolute Gasteiger partial charge is 0.408 e. The number of nitrogens with zero attached hydrogens (tertiary/aromatic N) is 2. The molecule has 1 rings (SSSR count). The normalized spacial score (nSPS) is 12.5. The molecule has 0 aliphatic rings. The van der Waals surface area contributed by atoms with Crippen molar-refractivity contribution in [3.8, 4) is 0 Å². The average Bonchev–Trinajstić information content (AvgIpc) is 2.36. The molecule has 0 fully saturated rings. The van der Waals surface area contributed by atoms with E-state index in [-0.39, 0.29) is 5.96 Å². The lowest BCUT2D eigenvalue weighted by molar-refractivity contribution is -0.118. The van der Waals surface area contributed by atoms with E-state index in [4.69, 9.17) is 11.5 Å². The van der Waals surface area contributed by atoms with Crippen molar-refractivity contribution in [3.05, 3.63) is 23.9 Å². The number of thioether (sulfide) groups is 1. The molecule has 0 saturated heterocycles. The molecule has 0 aliphatic heterocycles. The second kappa shape index (κ2) is 7.95. The van der Waals surface area contributed by atoms with Crippen molar-refractivity contribution in [3.63, 3.8) is 0 Å². The van der Waals surface area contributed by atoms with Crippen LogP contribution in [0.5, 0.6) is 0 Å². The van der Waals surface area contributed by atoms with Gasteiger partial charge in [0, 0.05) is 18.1 Å². The summed E-state index contributed by atoms with van der Waals surface area (Å²) in [7, 11) is 0. The molecule has 0 aromatic carbocycles. The van der Waals surface area contributed by atoms with Crippen LogP contribution in [0.25, 0.3) is 0 Å². The molecule has 20 heavy (non-hydrogen) atoms. The summed E-state index contributed by atoms with van der Waals surface area (Å²) in [6.07, 6.45) is -4.37. The summed E-state index contributed by atoms with van der Waals surface area (Å²) in [5, 5.41) is 2.53. The number of halogens is 3. The van der Waals surface area contributed by atoms with Crippen LogP contribution in [0.15, 0.2) is 23.2 Å². The third-order valence-corrected chi connectivity index (χ3v) is 3.03. The molecule has 1 aromatic rings. The fraction of sp³-hybridized carbons (Fsp3) is 0.455. The van der Waals surface area contributed by atoms with Gasteiger partial charge in [0.1, 0.15) is 12.4 Å². The molecule has 9 heteroatoms. The van der Waals surface area contributed by atoms with E-state index in [1.165, 1.54) is 0 Å². The summed E-state index contributed by atoms with van der Waals surface area (Å²) < 4.78 is 35.9. The highest BCUT2D eigenvalue weighted by Gasteiger charge is 2.26. The van der Waals surface area contributed by atoms with E-state index >= 15 is 0 Å². The van der Waals surface area contributed by atoms with E-state index in [0.717, 1.165) is 11.4 Å². The molecule has 0 saturated carbocycles. The Kier molecular flexibility index (Phi) is 6.59. The molecule has 5 nitrogen and oxygen atoms in total. The van der Waals surface area contributed by atoms with Gasteiger partial charge in [-0.05, 0) is 12.1 Å². The minimum atomic E-state index is -4.37. The SMILES string of the molecule is NCCSCc1cccc(N/C(N)=N\CC(F)(F)F)n1. The van der Waals surface area contributed by atoms with Crippen molar-refractivity contribution in [2.75, 3.05) is 24.2 Å². The number of hydrogen-bond donors (Lipinski definition) is 3. The van der Waals surface area contributed by atoms with Gasteiger partial charge in [0.15, 0.2) is 5.96 Å². The van der Waals surface area contributed by atoms with Gasteiger partial charge in [-0.25, -0.2) is 9.98 Å². The Morgan fingerprint density at radius 1 is 1.40 bits per heavy atom. The van der Waals surface area contributed by atoms with Crippen LogP contribution in [-0.2, 0) is 5.75 Å². The molecular formula is C11H16F3N5S. The molecule has 0 radical (unpaired) electrons. The molecule has 0 unspecified atom stereocenters. The summed E-state index contributed by atoms with van der Waals surface area (Å²) in [5.41, 5.74) is 11.5. The number of guanidine groups is 1. The zero-order valence-electron chi connectivity index (χ0n) is 10.7. The summed E-state index contributed by atoms with van der Waals surface area (Å²) in [6.45, 7) is -0.739. The molecule has 0 spiro atoms. The number of hydrogen-bond acceptors (Lipinski definition) is 4. The number of anilines is 1. The highest BCUT2D eigenvalue weighted by molar-refractivity contribution is 7.98. The van der Waals surface area contributed by atoms with Crippen molar-refractivity contribution in [1.82, 2.24) is 4.98 Å². The summed E-state index contributed by atoms with van der Waals surface area (Å²) >= 11 is 1.62. The van der Waals surface area contributed by atoms with Crippen LogP contribution in [-0.4, -0.2) is 36.0 Å². The number of pyridine rings is 1. The van der Waals surface area contributed by atoms with Gasteiger partial charge in [0.2, 0.25) is 0 Å². The van der Waals surface area contributed by atoms with Gasteiger partial charge in [0.25, 0.3) is 0 Å². The Morgan fingerprint density at radius 2 is 2.15 bits per heavy atom. The molecule has 0 atom stereocenters. The van der Waals surface area contributed by atoms with Gasteiger partial charge >= 0.3 is 6.18 Å². The Morgan fingerprint density at radius 3 is 2.80 bits per heavy atom. The van der Waals surface area contributed by atoms with Crippen LogP contribution < -0.4 is 16.8 Å². The van der Waals surface area contributed by atoms with Crippen LogP contribution in [0.1, 0.15) is 5.69 Å². The third kappa shape index (κ3) is 7.19. The van der Waals surface area contributed by atoms with Crippen molar-refractivity contribution in [2.24, 2.45) is 16.5 Å². The minimum Gasteiger partial charge on any atom is -0.370 e. The Bertz CT molecular complexity index is 450. The molecule has 0 aliphatic carbocycles. The highest BCUT2D eigenvalue weighted by atomic mass is 32.2. The van der Waals surface area contributed by atoms with E-state index in [2.05, 4.69) is 15.3 Å². The Balaban J connectivity index is 2.57. The fourth-order valence-electron chi connectivity index (χ4n) is 1.24. The zero-order valence-corrected chi connectivity index (χ0v) is 11.5. The maximum absolute atomic E-state index is 12.0. The number of alkyl halides is 3. The van der Waals surface area contributed by atoms with Crippen LogP contribution in [0.2, 0.25) is 0 Å². The van der Waals surface area contributed by atoms with Crippen LogP contribution in [0.3, 0.4) is 0 Å². The second-order valence-electron chi connectivity index (χ2n) is 3.80. The Hall–Kier alpha value is -1.48. The van der Waals surface area contributed by atoms with Gasteiger partial charge < -0.3 is 16.8 Å². The molecule has 1 aromatic heterocycles. The third-order valence-electron chi connectivity index (χ3n) is 2.00. The second-order valence-corrected chi connectivity index (χ2v) is 4.90. The van der Waals surface area contributed by atoms with Gasteiger partial charge in [0.05, 0.1) is 5.69 Å². The maximum Gasteiger partial charge on any atom is 0.408 e. The topological polar surface area (TPSA) is 89.3 Å². The van der Waals surface area contributed by atoms with Crippen molar-refractivity contribution < 1.29 is 13.2 Å². The number of nitrogens with two attached hydrogens (primary N) is 2. The smallest absolute Gasteiger partial charge is 0.370 e. The summed E-state index contributed by atoms with van der Waals surface area (Å²) in [5.74, 6) is 1.53. The maximum atomic E-state index is 12.0. The van der Waals surface area contributed by atoms with Gasteiger partial charge in [-0.2, -0.15) is 24.9 Å². The van der Waals surface area contributed by atoms with Gasteiger partial charge in [-0.1, -0.05) is 6.07 Å². The van der Waals surface area contributed by atoms with E-state index in [0.29, 0.717) is 18.1 Å². The number of nitrogens with one attached hydrogen (secondary N) is 1. The van der Waals surface area contributed by atoms with Crippen molar-refractivity contribution in [1.29, 1.82) is 0 Å². The first-order valence-corrected chi connectivity index (χ1v) is 6.93. The molecule has 1 heterocycles. The van der Waals surface area contributed by atoms with E-state index in [9.17, 15) is 13.2 Å². The predicted octanol–water partition coefficient (Wildman–Crippen LogP) is 1.56. The first-order chi connectivity index (χ1) is 9.40. The van der Waals surface area contributed by atoms with E-state index in [1.54, 1.807) is 23.9 Å². The van der Waals surface area contributed by atoms with Crippen molar-refractivity contribution in [2.45, 2.75) is 11.9 Å². The lowest BCUT2D eigenvalue weighted by Gasteiger charge is -2.07. The first kappa shape index (κ1) is 16.6. The summed E-state index contributed by atoms with van der Waals surface area (Å²) in [6, 6.07) is 5.16. The van der Waals surface area contributed by atoms with Crippen LogP contribution >= 0.6 is 11.8 Å². The number of rotatable bonds is 6. The minimum absolute atomic E-state index is 0.318. The summed E-state index contributed by atoms with van der Waals surface area (Å²) in [4.78, 5) is 7.41. The monoisotopic (exact) mass is 307 g/mol. The lowest BCUT2D eigenvalue weighted by atomic mass is 10.4. The predicted molar refractivity (Wildman–Crippen MR) is 75.6 cm³/mol. The number of aliphatic imine (C=N–C) groups is 1. The van der Waals surface area contributed by atoms with E-state index in [1.807, 2.05) is 6.07 Å². The molecule has 5 N–H and O–H groups in total. The zero-order chi connectivity index (χ0) is 15.0. The first-order valence-electron chi connectivity index (χ1n) is 5.78. The quantitative estimate of drug-likeness (QED) is 0.422. The molecule has 0 bridgehead atoms. The lowest BCUT2D eigenvalue weighted by Crippen LogP contribution is -2.26.